The van der Waals surface area contributed by atoms with E-state index in [1.54, 1.807) is 11.3 Å². The lowest BCUT2D eigenvalue weighted by molar-refractivity contribution is 0.515. The van der Waals surface area contributed by atoms with Crippen molar-refractivity contribution in [3.05, 3.63) is 65.5 Å². The quantitative estimate of drug-likeness (QED) is 0.371. The van der Waals surface area contributed by atoms with Gasteiger partial charge in [0.1, 0.15) is 0 Å². The minimum atomic E-state index is -0.267. The number of benzene rings is 1. The number of hydrogen-bond acceptors (Lipinski definition) is 7. The van der Waals surface area contributed by atoms with E-state index in [4.69, 9.17) is 11.3 Å². The van der Waals surface area contributed by atoms with Crippen LogP contribution in [0.3, 0.4) is 0 Å². The first-order chi connectivity index (χ1) is 15.6. The number of rotatable bonds is 2. The Balaban J connectivity index is 0.000000164. The van der Waals surface area contributed by atoms with Crippen LogP contribution in [0.15, 0.2) is 75.6 Å². The monoisotopic (exact) mass is 452 g/mol. The third-order valence-electron chi connectivity index (χ3n) is 5.53. The number of nitrogens with one attached hydrogen (secondary N) is 2. The van der Waals surface area contributed by atoms with Crippen molar-refractivity contribution in [1.82, 2.24) is 10.3 Å². The highest BCUT2D eigenvalue weighted by atomic mass is 32.1. The summed E-state index contributed by atoms with van der Waals surface area (Å²) in [7, 11) is 0. The van der Waals surface area contributed by atoms with E-state index >= 15 is 0 Å². The van der Waals surface area contributed by atoms with E-state index in [1.807, 2.05) is 69.0 Å². The van der Waals surface area contributed by atoms with Crippen LogP contribution in [0.5, 0.6) is 0 Å². The van der Waals surface area contributed by atoms with Crippen molar-refractivity contribution in [3.8, 4) is 0 Å². The molecule has 6 nitrogen and oxygen atoms in total. The van der Waals surface area contributed by atoms with Gasteiger partial charge in [-0.3, -0.25) is 4.99 Å². The van der Waals surface area contributed by atoms with Crippen LogP contribution in [0.4, 0.5) is 0 Å². The molecule has 0 radical (unpaired) electrons. The van der Waals surface area contributed by atoms with E-state index in [0.717, 1.165) is 24.2 Å². The summed E-state index contributed by atoms with van der Waals surface area (Å²) in [4.78, 5) is 8.26. The predicted octanol–water partition coefficient (Wildman–Crippen LogP) is 6.24. The van der Waals surface area contributed by atoms with Gasteiger partial charge < -0.3 is 11.1 Å². The topological polar surface area (TPSA) is 99.5 Å². The van der Waals surface area contributed by atoms with E-state index in [2.05, 4.69) is 39.5 Å². The molecule has 32 heavy (non-hydrogen) atoms. The summed E-state index contributed by atoms with van der Waals surface area (Å²) in [6, 6.07) is 8.65. The number of hydrogen-bond donors (Lipinski definition) is 3. The standard InChI is InChI=1S/C9H16N2.C7H9N3.C7H5NS.C2H6/c1-3-10-7-9-5-4-6-11-8(9)2;8-7-4-5(7)2-1-3-6(7)10-9;1-2-4-7-6(3-1)8-5-9-7;1-2/h3,7-8,11H,4-6H2,1-2H3;1-3,5,9H,4,8H2;1-5H;1-2H3/b9-7-,10-3?;;;. The molecule has 172 valence electrons. The predicted molar refractivity (Wildman–Crippen MR) is 137 cm³/mol. The van der Waals surface area contributed by atoms with E-state index < -0.39 is 0 Å². The van der Waals surface area contributed by atoms with Crippen molar-refractivity contribution in [2.45, 2.75) is 58.5 Å². The van der Waals surface area contributed by atoms with Gasteiger partial charge in [0.2, 0.25) is 0 Å². The third-order valence-corrected chi connectivity index (χ3v) is 6.34. The Kier molecular flexibility index (Phi) is 10.6. The van der Waals surface area contributed by atoms with Crippen molar-refractivity contribution < 1.29 is 0 Å². The highest BCUT2D eigenvalue weighted by Gasteiger charge is 2.53. The van der Waals surface area contributed by atoms with Gasteiger partial charge in [-0.2, -0.15) is 5.11 Å². The van der Waals surface area contributed by atoms with Gasteiger partial charge in [-0.15, -0.1) is 11.3 Å². The molecule has 1 aromatic carbocycles. The lowest BCUT2D eigenvalue weighted by Crippen LogP contribution is -2.33. The van der Waals surface area contributed by atoms with Crippen LogP contribution in [-0.2, 0) is 0 Å². The Bertz CT molecular complexity index is 943. The van der Waals surface area contributed by atoms with Crippen LogP contribution in [0.25, 0.3) is 10.2 Å². The van der Waals surface area contributed by atoms with Crippen LogP contribution in [-0.4, -0.2) is 29.3 Å². The molecule has 5 rings (SSSR count). The summed E-state index contributed by atoms with van der Waals surface area (Å²) in [5.74, 6) is 0.446. The summed E-state index contributed by atoms with van der Waals surface area (Å²) in [6.07, 6.45) is 13.0. The summed E-state index contributed by atoms with van der Waals surface area (Å²) in [5, 5.41) is 6.78. The fraction of sp³-hybridized carbons (Fsp3) is 0.440. The minimum Gasteiger partial charge on any atom is -0.320 e. The van der Waals surface area contributed by atoms with Crippen LogP contribution >= 0.6 is 11.3 Å². The first-order valence-corrected chi connectivity index (χ1v) is 12.2. The maximum atomic E-state index is 6.82. The summed E-state index contributed by atoms with van der Waals surface area (Å²) < 4.78 is 1.26. The molecule has 4 N–H and O–H groups in total. The molecule has 1 saturated carbocycles. The molecule has 2 aromatic rings. The Hall–Kier alpha value is -2.48. The number of fused-ring (bicyclic) bond motifs is 2. The number of nitrogens with zero attached hydrogens (tertiary/aromatic N) is 3. The molecule has 7 heteroatoms. The highest BCUT2D eigenvalue weighted by Crippen LogP contribution is 2.49. The zero-order valence-electron chi connectivity index (χ0n) is 19.6. The molecule has 3 unspecified atom stereocenters. The zero-order valence-corrected chi connectivity index (χ0v) is 20.4. The van der Waals surface area contributed by atoms with Crippen LogP contribution < -0.4 is 11.1 Å². The average molecular weight is 453 g/mol. The number of para-hydroxylation sites is 1. The van der Waals surface area contributed by atoms with Gasteiger partial charge in [0.25, 0.3) is 0 Å². The van der Waals surface area contributed by atoms with Crippen LogP contribution in [0.1, 0.15) is 47.0 Å². The first-order valence-electron chi connectivity index (χ1n) is 11.3. The van der Waals surface area contributed by atoms with Crippen molar-refractivity contribution in [3.63, 3.8) is 0 Å². The molecule has 3 atom stereocenters. The summed E-state index contributed by atoms with van der Waals surface area (Å²) >= 11 is 1.68. The lowest BCUT2D eigenvalue weighted by atomic mass is 10.0. The number of nitrogens with two attached hydrogens (primary N) is 1. The zero-order chi connectivity index (χ0) is 23.4. The van der Waals surface area contributed by atoms with Gasteiger partial charge in [-0.25, -0.2) is 10.5 Å². The average Bonchev–Trinajstić information content (AvgIpc) is 3.30. The smallest absolute Gasteiger partial charge is 0.0828 e. The Morgan fingerprint density at radius 2 is 2.09 bits per heavy atom. The molecule has 1 aliphatic heterocycles. The molecule has 2 aliphatic carbocycles. The van der Waals surface area contributed by atoms with Gasteiger partial charge in [0, 0.05) is 24.4 Å². The fourth-order valence-corrected chi connectivity index (χ4v) is 4.20. The number of piperidine rings is 1. The van der Waals surface area contributed by atoms with Crippen molar-refractivity contribution >= 4 is 27.8 Å². The molecular weight excluding hydrogens is 416 g/mol. The normalized spacial score (nSPS) is 26.5. The Morgan fingerprint density at radius 3 is 2.75 bits per heavy atom. The van der Waals surface area contributed by atoms with E-state index in [9.17, 15) is 0 Å². The van der Waals surface area contributed by atoms with Gasteiger partial charge >= 0.3 is 0 Å². The highest BCUT2D eigenvalue weighted by molar-refractivity contribution is 7.16. The summed E-state index contributed by atoms with van der Waals surface area (Å²) in [5.41, 5.74) is 17.5. The lowest BCUT2D eigenvalue weighted by Gasteiger charge is -2.22. The van der Waals surface area contributed by atoms with Crippen LogP contribution in [0, 0.1) is 11.4 Å². The van der Waals surface area contributed by atoms with Gasteiger partial charge in [0.05, 0.1) is 27.0 Å². The number of aliphatic imine (C=N–C) groups is 1. The Labute approximate surface area is 195 Å². The van der Waals surface area contributed by atoms with E-state index in [-0.39, 0.29) is 5.54 Å². The summed E-state index contributed by atoms with van der Waals surface area (Å²) in [6.45, 7) is 9.28. The molecule has 1 aromatic heterocycles. The van der Waals surface area contributed by atoms with Gasteiger partial charge in [0.15, 0.2) is 0 Å². The number of allylic oxidation sites excluding steroid dienone is 2. The minimum absolute atomic E-state index is 0.267. The number of aromatic nitrogens is 1. The van der Waals surface area contributed by atoms with Crippen molar-refractivity contribution in [2.24, 2.45) is 21.8 Å². The first kappa shape index (κ1) is 25.8. The van der Waals surface area contributed by atoms with Gasteiger partial charge in [-0.1, -0.05) is 38.1 Å². The van der Waals surface area contributed by atoms with Gasteiger partial charge in [-0.05, 0) is 63.4 Å². The van der Waals surface area contributed by atoms with E-state index in [1.165, 1.54) is 23.1 Å². The van der Waals surface area contributed by atoms with Crippen molar-refractivity contribution in [2.75, 3.05) is 6.54 Å². The molecule has 0 spiro atoms. The second-order valence-electron chi connectivity index (χ2n) is 7.61. The van der Waals surface area contributed by atoms with Crippen molar-refractivity contribution in [1.29, 1.82) is 5.53 Å². The Morgan fingerprint density at radius 1 is 1.31 bits per heavy atom. The van der Waals surface area contributed by atoms with Crippen LogP contribution in [0.2, 0.25) is 0 Å². The molecule has 2 fully saturated rings. The molecule has 0 amide bonds. The number of thiazole rings is 1. The molecule has 0 bridgehead atoms. The third kappa shape index (κ3) is 7.02. The molecule has 1 saturated heterocycles. The maximum absolute atomic E-state index is 6.82. The SMILES string of the molecule is CC.CC=N/C=C1/CCCNC1C.N=NC1=CC=CC2CC12N.c1ccc2scnc2c1. The maximum Gasteiger partial charge on any atom is 0.0828 e. The molecular formula is C25H36N6S. The second kappa shape index (κ2) is 13.2. The molecule has 3 aliphatic rings. The second-order valence-corrected chi connectivity index (χ2v) is 8.50. The largest absolute Gasteiger partial charge is 0.320 e. The molecule has 2 heterocycles. The fourth-order valence-electron chi connectivity index (χ4n) is 3.53. The van der Waals surface area contributed by atoms with E-state index in [0.29, 0.717) is 12.0 Å².